The predicted molar refractivity (Wildman–Crippen MR) is 111 cm³/mol. The Morgan fingerprint density at radius 3 is 2.43 bits per heavy atom. The van der Waals surface area contributed by atoms with Gasteiger partial charge in [0.1, 0.15) is 0 Å². The van der Waals surface area contributed by atoms with Gasteiger partial charge >= 0.3 is 0 Å². The number of nitrogens with one attached hydrogen (secondary N) is 1. The topological polar surface area (TPSA) is 66.5 Å². The van der Waals surface area contributed by atoms with Gasteiger partial charge in [-0.25, -0.2) is 12.7 Å². The monoisotopic (exact) mass is 444 g/mol. The van der Waals surface area contributed by atoms with Crippen molar-refractivity contribution in [2.75, 3.05) is 13.1 Å². The first-order valence-electron chi connectivity index (χ1n) is 10.0. The van der Waals surface area contributed by atoms with Crippen molar-refractivity contribution in [2.24, 2.45) is 17.8 Å². The lowest BCUT2D eigenvalue weighted by molar-refractivity contribution is -0.127. The van der Waals surface area contributed by atoms with Crippen molar-refractivity contribution in [3.05, 3.63) is 33.8 Å². The van der Waals surface area contributed by atoms with E-state index in [2.05, 4.69) is 5.32 Å². The summed E-state index contributed by atoms with van der Waals surface area (Å²) in [6.45, 7) is 0.775. The fourth-order valence-electron chi connectivity index (χ4n) is 5.05. The van der Waals surface area contributed by atoms with Crippen molar-refractivity contribution in [1.29, 1.82) is 0 Å². The molecule has 3 fully saturated rings. The van der Waals surface area contributed by atoms with E-state index in [0.29, 0.717) is 53.5 Å². The maximum atomic E-state index is 12.7. The van der Waals surface area contributed by atoms with Crippen molar-refractivity contribution in [3.8, 4) is 0 Å². The number of halogens is 2. The summed E-state index contributed by atoms with van der Waals surface area (Å²) in [6, 6.07) is 5.22. The fourth-order valence-corrected chi connectivity index (χ4v) is 6.92. The molecule has 0 spiro atoms. The summed E-state index contributed by atoms with van der Waals surface area (Å²) in [6.07, 6.45) is 6.08. The van der Waals surface area contributed by atoms with Crippen LogP contribution in [-0.4, -0.2) is 37.8 Å². The molecule has 1 aromatic carbocycles. The lowest BCUT2D eigenvalue weighted by Gasteiger charge is -2.32. The molecule has 1 aliphatic heterocycles. The molecule has 5 nitrogen and oxygen atoms in total. The molecule has 154 valence electrons. The van der Waals surface area contributed by atoms with Gasteiger partial charge in [0, 0.05) is 25.0 Å². The first-order valence-corrected chi connectivity index (χ1v) is 12.4. The molecule has 2 bridgehead atoms. The average molecular weight is 445 g/mol. The largest absolute Gasteiger partial charge is 0.353 e. The standard InChI is InChI=1S/C20H26Cl2N2O3S/c21-17-4-2-14(10-18(17)22)12-28(26,27)24-7-5-15(6-8-24)20(25)23-19-11-13-1-3-16(19)9-13/h2,4,10,13,15-16,19H,1,3,5-9,11-12H2,(H,23,25)/t13-,16+,19+/m0/s1. The molecule has 3 aliphatic rings. The van der Waals surface area contributed by atoms with Crippen molar-refractivity contribution in [2.45, 2.75) is 50.3 Å². The summed E-state index contributed by atoms with van der Waals surface area (Å²) >= 11 is 11.9. The third-order valence-corrected chi connectivity index (χ3v) is 9.21. The lowest BCUT2D eigenvalue weighted by atomic mass is 9.93. The van der Waals surface area contributed by atoms with Crippen LogP contribution < -0.4 is 5.32 Å². The van der Waals surface area contributed by atoms with E-state index < -0.39 is 10.0 Å². The van der Waals surface area contributed by atoms with Crippen molar-refractivity contribution in [3.63, 3.8) is 0 Å². The van der Waals surface area contributed by atoms with Gasteiger partial charge in [0.25, 0.3) is 0 Å². The SMILES string of the molecule is O=C(N[C@@H]1C[C@H]2CC[C@@H]1C2)C1CCN(S(=O)(=O)Cc2ccc(Cl)c(Cl)c2)CC1. The molecule has 1 aromatic rings. The highest BCUT2D eigenvalue weighted by molar-refractivity contribution is 7.88. The normalized spacial score (nSPS) is 28.6. The summed E-state index contributed by atoms with van der Waals surface area (Å²) in [5.41, 5.74) is 0.616. The van der Waals surface area contributed by atoms with E-state index in [1.807, 2.05) is 0 Å². The Morgan fingerprint density at radius 2 is 1.82 bits per heavy atom. The van der Waals surface area contributed by atoms with E-state index in [0.717, 1.165) is 12.3 Å². The number of benzene rings is 1. The quantitative estimate of drug-likeness (QED) is 0.749. The minimum absolute atomic E-state index is 0.0875. The van der Waals surface area contributed by atoms with Gasteiger partial charge in [-0.2, -0.15) is 0 Å². The average Bonchev–Trinajstić information content (AvgIpc) is 3.28. The Hall–Kier alpha value is -0.820. The second-order valence-corrected chi connectivity index (χ2v) is 11.3. The van der Waals surface area contributed by atoms with Crippen LogP contribution in [0.3, 0.4) is 0 Å². The van der Waals surface area contributed by atoms with Crippen LogP contribution in [0.15, 0.2) is 18.2 Å². The van der Waals surface area contributed by atoms with Gasteiger partial charge in [0.05, 0.1) is 15.8 Å². The maximum absolute atomic E-state index is 12.7. The number of carbonyl (C=O) groups is 1. The Labute approximate surface area is 176 Å². The molecule has 1 saturated heterocycles. The van der Waals surface area contributed by atoms with E-state index in [1.165, 1.54) is 23.6 Å². The second kappa shape index (κ2) is 8.13. The number of fused-ring (bicyclic) bond motifs is 2. The third kappa shape index (κ3) is 4.35. The zero-order valence-electron chi connectivity index (χ0n) is 15.7. The minimum Gasteiger partial charge on any atom is -0.353 e. The van der Waals surface area contributed by atoms with Crippen LogP contribution in [0.4, 0.5) is 0 Å². The summed E-state index contributed by atoms with van der Waals surface area (Å²) in [5.74, 6) is 1.37. The molecule has 8 heteroatoms. The van der Waals surface area contributed by atoms with Crippen LogP contribution in [0.1, 0.15) is 44.1 Å². The zero-order valence-corrected chi connectivity index (χ0v) is 18.1. The van der Waals surface area contributed by atoms with Crippen LogP contribution >= 0.6 is 23.2 Å². The Bertz CT molecular complexity index is 853. The van der Waals surface area contributed by atoms with Crippen molar-refractivity contribution < 1.29 is 13.2 Å². The van der Waals surface area contributed by atoms with Gasteiger partial charge < -0.3 is 5.32 Å². The summed E-state index contributed by atoms with van der Waals surface area (Å²) in [5, 5.41) is 4.01. The molecule has 1 N–H and O–H groups in total. The predicted octanol–water partition coefficient (Wildman–Crippen LogP) is 3.84. The van der Waals surface area contributed by atoms with Gasteiger partial charge in [-0.05, 0) is 61.6 Å². The molecule has 4 rings (SSSR count). The molecule has 2 aliphatic carbocycles. The van der Waals surface area contributed by atoms with E-state index >= 15 is 0 Å². The van der Waals surface area contributed by atoms with Crippen molar-refractivity contribution in [1.82, 2.24) is 9.62 Å². The summed E-state index contributed by atoms with van der Waals surface area (Å²) in [7, 11) is -3.44. The smallest absolute Gasteiger partial charge is 0.223 e. The Kier molecular flexibility index (Phi) is 5.94. The highest BCUT2D eigenvalue weighted by atomic mass is 35.5. The zero-order chi connectivity index (χ0) is 19.9. The molecule has 28 heavy (non-hydrogen) atoms. The van der Waals surface area contributed by atoms with E-state index in [-0.39, 0.29) is 17.6 Å². The molecule has 0 aromatic heterocycles. The Balaban J connectivity index is 1.30. The van der Waals surface area contributed by atoms with E-state index in [4.69, 9.17) is 23.2 Å². The van der Waals surface area contributed by atoms with Gasteiger partial charge in [-0.1, -0.05) is 35.7 Å². The van der Waals surface area contributed by atoms with Gasteiger partial charge in [-0.15, -0.1) is 0 Å². The third-order valence-electron chi connectivity index (χ3n) is 6.62. The molecule has 1 heterocycles. The molecular weight excluding hydrogens is 419 g/mol. The van der Waals surface area contributed by atoms with Gasteiger partial charge in [-0.3, -0.25) is 4.79 Å². The highest BCUT2D eigenvalue weighted by Crippen LogP contribution is 2.44. The molecular formula is C20H26Cl2N2O3S. The molecule has 2 saturated carbocycles. The van der Waals surface area contributed by atoms with Crippen LogP contribution in [0.2, 0.25) is 10.0 Å². The number of hydrogen-bond donors (Lipinski definition) is 1. The second-order valence-electron chi connectivity index (χ2n) is 8.47. The summed E-state index contributed by atoms with van der Waals surface area (Å²) in [4.78, 5) is 12.6. The summed E-state index contributed by atoms with van der Waals surface area (Å²) < 4.78 is 27.0. The number of amides is 1. The number of rotatable bonds is 5. The van der Waals surface area contributed by atoms with Crippen LogP contribution in [0, 0.1) is 17.8 Å². The van der Waals surface area contributed by atoms with Gasteiger partial charge in [0.15, 0.2) is 0 Å². The minimum atomic E-state index is -3.44. The number of sulfonamides is 1. The molecule has 0 radical (unpaired) electrons. The van der Waals surface area contributed by atoms with E-state index in [1.54, 1.807) is 18.2 Å². The fraction of sp³-hybridized carbons (Fsp3) is 0.650. The molecule has 3 atom stereocenters. The molecule has 1 amide bonds. The van der Waals surface area contributed by atoms with Gasteiger partial charge in [0.2, 0.25) is 15.9 Å². The van der Waals surface area contributed by atoms with E-state index in [9.17, 15) is 13.2 Å². The molecule has 0 unspecified atom stereocenters. The first-order chi connectivity index (χ1) is 13.3. The first kappa shape index (κ1) is 20.5. The highest BCUT2D eigenvalue weighted by Gasteiger charge is 2.41. The maximum Gasteiger partial charge on any atom is 0.223 e. The number of piperidine rings is 1. The van der Waals surface area contributed by atoms with Crippen LogP contribution in [0.25, 0.3) is 0 Å². The Morgan fingerprint density at radius 1 is 1.07 bits per heavy atom. The van der Waals surface area contributed by atoms with Crippen molar-refractivity contribution >= 4 is 39.1 Å². The van der Waals surface area contributed by atoms with Crippen LogP contribution in [0.5, 0.6) is 0 Å². The number of nitrogens with zero attached hydrogens (tertiary/aromatic N) is 1. The van der Waals surface area contributed by atoms with Crippen LogP contribution in [-0.2, 0) is 20.6 Å². The number of carbonyl (C=O) groups excluding carboxylic acids is 1. The number of hydrogen-bond acceptors (Lipinski definition) is 3. The lowest BCUT2D eigenvalue weighted by Crippen LogP contribution is -2.46.